The Balaban J connectivity index is 2.13. The van der Waals surface area contributed by atoms with Crippen molar-refractivity contribution >= 4 is 17.5 Å². The SMILES string of the molecule is COc1ccc([C@H](C)NC(=O)C2=NN(C)C(=O)CC2)c(OC)c1. The molecular formula is C16H21N3O4. The number of methoxy groups -OCH3 is 2. The lowest BCUT2D eigenvalue weighted by molar-refractivity contribution is -0.130. The molecule has 1 aromatic rings. The van der Waals surface area contributed by atoms with Crippen molar-refractivity contribution in [3.05, 3.63) is 23.8 Å². The lowest BCUT2D eigenvalue weighted by Crippen LogP contribution is -2.38. The Kier molecular flexibility index (Phi) is 5.20. The molecule has 0 saturated carbocycles. The number of hydrogen-bond acceptors (Lipinski definition) is 5. The smallest absolute Gasteiger partial charge is 0.267 e. The molecule has 0 unspecified atom stereocenters. The molecule has 0 saturated heterocycles. The molecule has 1 heterocycles. The average molecular weight is 319 g/mol. The number of hydrogen-bond donors (Lipinski definition) is 1. The number of ether oxygens (including phenoxy) is 2. The Morgan fingerprint density at radius 1 is 1.30 bits per heavy atom. The van der Waals surface area contributed by atoms with Crippen LogP contribution in [0.1, 0.15) is 31.4 Å². The third kappa shape index (κ3) is 3.80. The van der Waals surface area contributed by atoms with Crippen molar-refractivity contribution in [3.63, 3.8) is 0 Å². The molecule has 0 fully saturated rings. The van der Waals surface area contributed by atoms with Gasteiger partial charge in [-0.05, 0) is 19.1 Å². The minimum atomic E-state index is -0.283. The van der Waals surface area contributed by atoms with Gasteiger partial charge in [-0.15, -0.1) is 0 Å². The van der Waals surface area contributed by atoms with Gasteiger partial charge < -0.3 is 14.8 Å². The Bertz CT molecular complexity index is 642. The van der Waals surface area contributed by atoms with Crippen molar-refractivity contribution in [2.75, 3.05) is 21.3 Å². The van der Waals surface area contributed by atoms with E-state index in [1.54, 1.807) is 27.3 Å². The van der Waals surface area contributed by atoms with E-state index < -0.39 is 0 Å². The van der Waals surface area contributed by atoms with Crippen LogP contribution in [-0.4, -0.2) is 43.8 Å². The summed E-state index contributed by atoms with van der Waals surface area (Å²) in [6, 6.07) is 5.16. The first kappa shape index (κ1) is 16.8. The summed E-state index contributed by atoms with van der Waals surface area (Å²) in [6.45, 7) is 1.86. The summed E-state index contributed by atoms with van der Waals surface area (Å²) < 4.78 is 10.5. The topological polar surface area (TPSA) is 80.2 Å². The van der Waals surface area contributed by atoms with E-state index in [0.29, 0.717) is 30.1 Å². The molecule has 1 aliphatic heterocycles. The van der Waals surface area contributed by atoms with Crippen LogP contribution in [0, 0.1) is 0 Å². The normalized spacial score (nSPS) is 15.7. The highest BCUT2D eigenvalue weighted by Crippen LogP contribution is 2.29. The van der Waals surface area contributed by atoms with Crippen LogP contribution in [0.5, 0.6) is 11.5 Å². The Labute approximate surface area is 135 Å². The number of hydrazone groups is 1. The van der Waals surface area contributed by atoms with E-state index in [4.69, 9.17) is 9.47 Å². The van der Waals surface area contributed by atoms with Crippen LogP contribution < -0.4 is 14.8 Å². The molecule has 2 rings (SSSR count). The van der Waals surface area contributed by atoms with E-state index in [1.165, 1.54) is 5.01 Å². The largest absolute Gasteiger partial charge is 0.497 e. The molecule has 1 N–H and O–H groups in total. The van der Waals surface area contributed by atoms with Crippen LogP contribution in [0.4, 0.5) is 0 Å². The summed E-state index contributed by atoms with van der Waals surface area (Å²) in [5.41, 5.74) is 1.19. The summed E-state index contributed by atoms with van der Waals surface area (Å²) in [5, 5.41) is 8.11. The van der Waals surface area contributed by atoms with Crippen molar-refractivity contribution in [2.24, 2.45) is 5.10 Å². The monoisotopic (exact) mass is 319 g/mol. The summed E-state index contributed by atoms with van der Waals surface area (Å²) >= 11 is 0. The van der Waals surface area contributed by atoms with Gasteiger partial charge in [0.2, 0.25) is 5.91 Å². The third-order valence-corrected chi connectivity index (χ3v) is 3.72. The lowest BCUT2D eigenvalue weighted by Gasteiger charge is -2.21. The molecule has 0 aromatic heterocycles. The highest BCUT2D eigenvalue weighted by atomic mass is 16.5. The van der Waals surface area contributed by atoms with Crippen LogP contribution >= 0.6 is 0 Å². The van der Waals surface area contributed by atoms with Crippen molar-refractivity contribution in [2.45, 2.75) is 25.8 Å². The van der Waals surface area contributed by atoms with Gasteiger partial charge in [0, 0.05) is 31.5 Å². The molecule has 7 heteroatoms. The van der Waals surface area contributed by atoms with Gasteiger partial charge in [0.1, 0.15) is 17.2 Å². The molecule has 124 valence electrons. The molecule has 0 spiro atoms. The van der Waals surface area contributed by atoms with Gasteiger partial charge in [0.05, 0.1) is 20.3 Å². The van der Waals surface area contributed by atoms with Crippen LogP contribution in [0.3, 0.4) is 0 Å². The highest BCUT2D eigenvalue weighted by Gasteiger charge is 2.24. The van der Waals surface area contributed by atoms with Crippen molar-refractivity contribution in [1.82, 2.24) is 10.3 Å². The maximum Gasteiger partial charge on any atom is 0.267 e. The van der Waals surface area contributed by atoms with Gasteiger partial charge in [-0.1, -0.05) is 0 Å². The maximum atomic E-state index is 12.3. The molecule has 7 nitrogen and oxygen atoms in total. The van der Waals surface area contributed by atoms with Gasteiger partial charge in [0.15, 0.2) is 0 Å². The van der Waals surface area contributed by atoms with E-state index in [2.05, 4.69) is 10.4 Å². The summed E-state index contributed by atoms with van der Waals surface area (Å²) in [7, 11) is 4.70. The second kappa shape index (κ2) is 7.13. The fourth-order valence-electron chi connectivity index (χ4n) is 2.37. The molecule has 1 aromatic carbocycles. The first-order valence-corrected chi connectivity index (χ1v) is 7.33. The standard InChI is InChI=1S/C16H21N3O4/c1-10(12-6-5-11(22-3)9-14(12)23-4)17-16(21)13-7-8-15(20)19(2)18-13/h5-6,9-10H,7-8H2,1-4H3,(H,17,21)/t10-/m0/s1. The number of benzene rings is 1. The molecule has 1 atom stereocenters. The Morgan fingerprint density at radius 3 is 2.65 bits per heavy atom. The molecule has 0 aliphatic carbocycles. The van der Waals surface area contributed by atoms with Crippen molar-refractivity contribution in [1.29, 1.82) is 0 Å². The maximum absolute atomic E-state index is 12.3. The minimum Gasteiger partial charge on any atom is -0.497 e. The number of carbonyl (C=O) groups excluding carboxylic acids is 2. The van der Waals surface area contributed by atoms with Crippen LogP contribution in [0.25, 0.3) is 0 Å². The van der Waals surface area contributed by atoms with Crippen LogP contribution in [0.15, 0.2) is 23.3 Å². The van der Waals surface area contributed by atoms with Crippen molar-refractivity contribution < 1.29 is 19.1 Å². The van der Waals surface area contributed by atoms with Crippen LogP contribution in [0.2, 0.25) is 0 Å². The number of carbonyl (C=O) groups is 2. The van der Waals surface area contributed by atoms with E-state index in [1.807, 2.05) is 19.1 Å². The lowest BCUT2D eigenvalue weighted by atomic mass is 10.1. The fourth-order valence-corrected chi connectivity index (χ4v) is 2.37. The molecule has 0 bridgehead atoms. The second-order valence-electron chi connectivity index (χ2n) is 5.27. The number of amides is 2. The fraction of sp³-hybridized carbons (Fsp3) is 0.438. The zero-order valence-electron chi connectivity index (χ0n) is 13.8. The van der Waals surface area contributed by atoms with Gasteiger partial charge in [-0.2, -0.15) is 5.10 Å². The van der Waals surface area contributed by atoms with Gasteiger partial charge >= 0.3 is 0 Å². The summed E-state index contributed by atoms with van der Waals surface area (Å²) in [4.78, 5) is 23.7. The number of rotatable bonds is 5. The molecule has 0 radical (unpaired) electrons. The average Bonchev–Trinajstić information content (AvgIpc) is 2.56. The predicted octanol–water partition coefficient (Wildman–Crippen LogP) is 1.49. The van der Waals surface area contributed by atoms with Gasteiger partial charge in [0.25, 0.3) is 5.91 Å². The summed E-state index contributed by atoms with van der Waals surface area (Å²) in [5.74, 6) is 0.942. The van der Waals surface area contributed by atoms with Crippen LogP contribution in [-0.2, 0) is 9.59 Å². The number of nitrogens with one attached hydrogen (secondary N) is 1. The second-order valence-corrected chi connectivity index (χ2v) is 5.27. The van der Waals surface area contributed by atoms with E-state index >= 15 is 0 Å². The van der Waals surface area contributed by atoms with E-state index in [-0.39, 0.29) is 17.9 Å². The molecular weight excluding hydrogens is 298 g/mol. The van der Waals surface area contributed by atoms with Gasteiger partial charge in [-0.25, -0.2) is 5.01 Å². The molecule has 1 aliphatic rings. The molecule has 2 amide bonds. The third-order valence-electron chi connectivity index (χ3n) is 3.72. The highest BCUT2D eigenvalue weighted by molar-refractivity contribution is 6.39. The quantitative estimate of drug-likeness (QED) is 0.891. The zero-order chi connectivity index (χ0) is 17.0. The minimum absolute atomic E-state index is 0.0913. The predicted molar refractivity (Wildman–Crippen MR) is 85.5 cm³/mol. The first-order valence-electron chi connectivity index (χ1n) is 7.33. The van der Waals surface area contributed by atoms with Crippen molar-refractivity contribution in [3.8, 4) is 11.5 Å². The Hall–Kier alpha value is -2.57. The first-order chi connectivity index (χ1) is 11.0. The Morgan fingerprint density at radius 2 is 2.04 bits per heavy atom. The number of nitrogens with zero attached hydrogens (tertiary/aromatic N) is 2. The van der Waals surface area contributed by atoms with E-state index in [9.17, 15) is 9.59 Å². The summed E-state index contributed by atoms with van der Waals surface area (Å²) in [6.07, 6.45) is 0.643. The van der Waals surface area contributed by atoms with Gasteiger partial charge in [-0.3, -0.25) is 9.59 Å². The zero-order valence-corrected chi connectivity index (χ0v) is 13.8. The van der Waals surface area contributed by atoms with E-state index in [0.717, 1.165) is 5.56 Å². The molecule has 23 heavy (non-hydrogen) atoms.